The minimum Gasteiger partial charge on any atom is -0.395 e. The molecule has 26 heavy (non-hydrogen) atoms. The summed E-state index contributed by atoms with van der Waals surface area (Å²) in [6, 6.07) is 11.8. The Morgan fingerprint density at radius 3 is 2.62 bits per heavy atom. The first-order chi connectivity index (χ1) is 12.5. The maximum atomic E-state index is 12.6. The van der Waals surface area contributed by atoms with Gasteiger partial charge in [0.2, 0.25) is 0 Å². The molecule has 7 heteroatoms. The summed E-state index contributed by atoms with van der Waals surface area (Å²) >= 11 is 7.70. The molecule has 5 nitrogen and oxygen atoms in total. The summed E-state index contributed by atoms with van der Waals surface area (Å²) in [5, 5.41) is 10.4. The lowest BCUT2D eigenvalue weighted by atomic mass is 10.2. The van der Waals surface area contributed by atoms with Gasteiger partial charge in [-0.05, 0) is 55.3 Å². The van der Waals surface area contributed by atoms with Crippen molar-refractivity contribution in [2.75, 3.05) is 13.2 Å². The van der Waals surface area contributed by atoms with E-state index >= 15 is 0 Å². The number of benzene rings is 2. The Labute approximate surface area is 161 Å². The molecule has 0 fully saturated rings. The third kappa shape index (κ3) is 4.22. The van der Waals surface area contributed by atoms with Gasteiger partial charge in [-0.15, -0.1) is 0 Å². The lowest BCUT2D eigenvalue weighted by molar-refractivity contribution is 0.0923. The van der Waals surface area contributed by atoms with Gasteiger partial charge in [-0.3, -0.25) is 10.2 Å². The number of hydrogen-bond donors (Lipinski definition) is 4. The Balaban J connectivity index is 2.03. The van der Waals surface area contributed by atoms with Crippen molar-refractivity contribution in [3.8, 4) is 0 Å². The number of aryl methyl sites for hydroxylation is 2. The fraction of sp³-hybridized carbons (Fsp3) is 0.211. The zero-order chi connectivity index (χ0) is 18.7. The number of hydrazine groups is 1. The van der Waals surface area contributed by atoms with Crippen LogP contribution in [0.25, 0.3) is 10.9 Å². The molecule has 0 aliphatic carbocycles. The van der Waals surface area contributed by atoms with Crippen molar-refractivity contribution in [1.29, 1.82) is 0 Å². The highest BCUT2D eigenvalue weighted by Gasteiger charge is 2.19. The molecule has 0 atom stereocenters. The number of fused-ring (bicyclic) bond motifs is 1. The van der Waals surface area contributed by atoms with E-state index in [1.54, 1.807) is 6.07 Å². The highest BCUT2D eigenvalue weighted by Crippen LogP contribution is 2.38. The first kappa shape index (κ1) is 18.8. The zero-order valence-corrected chi connectivity index (χ0v) is 16.1. The lowest BCUT2D eigenvalue weighted by Gasteiger charge is -2.08. The second-order valence-corrected chi connectivity index (χ2v) is 7.57. The Kier molecular flexibility index (Phi) is 5.88. The van der Waals surface area contributed by atoms with Crippen molar-refractivity contribution in [3.63, 3.8) is 0 Å². The summed E-state index contributed by atoms with van der Waals surface area (Å²) in [6.07, 6.45) is 0. The molecule has 0 spiro atoms. The number of carbonyl (C=O) groups excluding carboxylic acids is 1. The van der Waals surface area contributed by atoms with E-state index in [4.69, 9.17) is 16.7 Å². The van der Waals surface area contributed by atoms with Crippen LogP contribution in [0.15, 0.2) is 46.2 Å². The quantitative estimate of drug-likeness (QED) is 0.382. The van der Waals surface area contributed by atoms with Crippen molar-refractivity contribution in [1.82, 2.24) is 15.8 Å². The van der Waals surface area contributed by atoms with Crippen LogP contribution in [0.4, 0.5) is 0 Å². The van der Waals surface area contributed by atoms with Gasteiger partial charge in [-0.1, -0.05) is 29.4 Å². The number of H-pyrrole nitrogens is 1. The molecule has 0 bridgehead atoms. The molecule has 4 N–H and O–H groups in total. The fourth-order valence-corrected chi connectivity index (χ4v) is 4.20. The van der Waals surface area contributed by atoms with E-state index in [1.165, 1.54) is 22.9 Å². The Hall–Kier alpha value is -1.99. The molecule has 0 radical (unpaired) electrons. The van der Waals surface area contributed by atoms with Crippen LogP contribution in [0.3, 0.4) is 0 Å². The van der Waals surface area contributed by atoms with E-state index in [9.17, 15) is 4.79 Å². The summed E-state index contributed by atoms with van der Waals surface area (Å²) in [5.41, 5.74) is 8.92. The van der Waals surface area contributed by atoms with Crippen LogP contribution in [0, 0.1) is 13.8 Å². The molecule has 3 rings (SSSR count). The third-order valence-corrected chi connectivity index (χ3v) is 5.13. The highest BCUT2D eigenvalue weighted by atomic mass is 35.5. The maximum Gasteiger partial charge on any atom is 0.282 e. The molecule has 1 heterocycles. The van der Waals surface area contributed by atoms with Crippen molar-refractivity contribution < 1.29 is 9.90 Å². The molecular weight excluding hydrogens is 370 g/mol. The van der Waals surface area contributed by atoms with Gasteiger partial charge >= 0.3 is 0 Å². The summed E-state index contributed by atoms with van der Waals surface area (Å²) in [7, 11) is 0. The Morgan fingerprint density at radius 1 is 1.19 bits per heavy atom. The number of hydrogen-bond acceptors (Lipinski definition) is 4. The largest absolute Gasteiger partial charge is 0.395 e. The number of aromatic amines is 1. The number of amides is 1. The molecule has 2 aromatic carbocycles. The van der Waals surface area contributed by atoms with Gasteiger partial charge in [0.1, 0.15) is 5.69 Å². The van der Waals surface area contributed by atoms with Crippen molar-refractivity contribution in [2.24, 2.45) is 0 Å². The Bertz CT molecular complexity index is 935. The molecule has 1 aromatic heterocycles. The molecule has 0 saturated carbocycles. The average Bonchev–Trinajstić information content (AvgIpc) is 2.92. The zero-order valence-electron chi connectivity index (χ0n) is 14.5. The van der Waals surface area contributed by atoms with Gasteiger partial charge in [-0.25, -0.2) is 5.43 Å². The topological polar surface area (TPSA) is 77.2 Å². The smallest absolute Gasteiger partial charge is 0.282 e. The molecule has 3 aromatic rings. The van der Waals surface area contributed by atoms with Crippen molar-refractivity contribution in [2.45, 2.75) is 23.6 Å². The van der Waals surface area contributed by atoms with Gasteiger partial charge in [0.15, 0.2) is 0 Å². The van der Waals surface area contributed by atoms with E-state index in [2.05, 4.69) is 47.9 Å². The first-order valence-electron chi connectivity index (χ1n) is 8.19. The van der Waals surface area contributed by atoms with Crippen LogP contribution >= 0.6 is 23.4 Å². The molecule has 1 amide bonds. The molecule has 0 aliphatic heterocycles. The second-order valence-electron chi connectivity index (χ2n) is 6.05. The van der Waals surface area contributed by atoms with Gasteiger partial charge in [0.25, 0.3) is 5.91 Å². The predicted octanol–water partition coefficient (Wildman–Crippen LogP) is 3.82. The molecular formula is C19H20ClN3O2S. The lowest BCUT2D eigenvalue weighted by Crippen LogP contribution is -2.39. The number of aromatic nitrogens is 1. The van der Waals surface area contributed by atoms with E-state index in [1.807, 2.05) is 12.1 Å². The number of nitrogens with one attached hydrogen (secondary N) is 3. The normalized spacial score (nSPS) is 11.1. The van der Waals surface area contributed by atoms with E-state index in [0.717, 1.165) is 20.7 Å². The number of aliphatic hydroxyl groups excluding tert-OH is 1. The van der Waals surface area contributed by atoms with Crippen molar-refractivity contribution >= 4 is 40.2 Å². The number of rotatable bonds is 6. The van der Waals surface area contributed by atoms with Crippen LogP contribution in [0.2, 0.25) is 5.02 Å². The molecule has 136 valence electrons. The molecule has 0 aliphatic rings. The van der Waals surface area contributed by atoms with Gasteiger partial charge in [0, 0.05) is 27.4 Å². The number of halogens is 1. The van der Waals surface area contributed by atoms with E-state index < -0.39 is 0 Å². The summed E-state index contributed by atoms with van der Waals surface area (Å²) in [4.78, 5) is 17.6. The van der Waals surface area contributed by atoms with Crippen LogP contribution in [-0.2, 0) is 0 Å². The van der Waals surface area contributed by atoms with Gasteiger partial charge in [0.05, 0.1) is 11.5 Å². The van der Waals surface area contributed by atoms with Gasteiger partial charge in [-0.2, -0.15) is 0 Å². The van der Waals surface area contributed by atoms with E-state index in [0.29, 0.717) is 10.7 Å². The predicted molar refractivity (Wildman–Crippen MR) is 106 cm³/mol. The van der Waals surface area contributed by atoms with Crippen LogP contribution in [0.5, 0.6) is 0 Å². The Morgan fingerprint density at radius 2 is 1.92 bits per heavy atom. The standard InChI is InChI=1S/C19H20ClN3O2S/c1-11-7-12(2)9-14(8-11)26-18-15-10-13(20)3-4-16(15)22-17(18)19(25)23-21-5-6-24/h3-4,7-10,21-22,24H,5-6H2,1-2H3,(H,23,25). The number of aliphatic hydroxyl groups is 1. The molecule has 0 unspecified atom stereocenters. The monoisotopic (exact) mass is 389 g/mol. The molecule has 0 saturated heterocycles. The fourth-order valence-electron chi connectivity index (χ4n) is 2.78. The second kappa shape index (κ2) is 8.14. The average molecular weight is 390 g/mol. The van der Waals surface area contributed by atoms with Crippen LogP contribution < -0.4 is 10.9 Å². The van der Waals surface area contributed by atoms with Crippen molar-refractivity contribution in [3.05, 3.63) is 58.2 Å². The van der Waals surface area contributed by atoms with Gasteiger partial charge < -0.3 is 10.1 Å². The maximum absolute atomic E-state index is 12.6. The summed E-state index contributed by atoms with van der Waals surface area (Å²) in [6.45, 7) is 4.31. The minimum absolute atomic E-state index is 0.0627. The summed E-state index contributed by atoms with van der Waals surface area (Å²) < 4.78 is 0. The van der Waals surface area contributed by atoms with Crippen LogP contribution in [-0.4, -0.2) is 29.1 Å². The summed E-state index contributed by atoms with van der Waals surface area (Å²) in [5.74, 6) is -0.294. The highest BCUT2D eigenvalue weighted by molar-refractivity contribution is 7.99. The third-order valence-electron chi connectivity index (χ3n) is 3.79. The first-order valence-corrected chi connectivity index (χ1v) is 9.39. The van der Waals surface area contributed by atoms with E-state index in [-0.39, 0.29) is 19.1 Å². The number of carbonyl (C=O) groups is 1. The minimum atomic E-state index is -0.294. The van der Waals surface area contributed by atoms with Crippen LogP contribution in [0.1, 0.15) is 21.6 Å². The SMILES string of the molecule is Cc1cc(C)cc(Sc2c(C(=O)NNCCO)[nH]c3ccc(Cl)cc23)c1.